The second-order valence-electron chi connectivity index (χ2n) is 5.53. The summed E-state index contributed by atoms with van der Waals surface area (Å²) in [5, 5.41) is 0.690. The van der Waals surface area contributed by atoms with Crippen molar-refractivity contribution in [1.82, 2.24) is 4.90 Å². The van der Waals surface area contributed by atoms with Gasteiger partial charge in [-0.1, -0.05) is 23.7 Å². The summed E-state index contributed by atoms with van der Waals surface area (Å²) in [5.74, 6) is 0.0424. The van der Waals surface area contributed by atoms with E-state index in [0.29, 0.717) is 11.6 Å². The van der Waals surface area contributed by atoms with E-state index < -0.39 is 0 Å². The molecular formula is C14H18ClNO2. The van der Waals surface area contributed by atoms with Gasteiger partial charge in [0.05, 0.1) is 6.54 Å². The van der Waals surface area contributed by atoms with E-state index in [1.807, 2.05) is 49.9 Å². The van der Waals surface area contributed by atoms with Crippen LogP contribution < -0.4 is 0 Å². The highest BCUT2D eigenvalue weighted by Gasteiger charge is 2.34. The van der Waals surface area contributed by atoms with Crippen LogP contribution >= 0.6 is 11.6 Å². The quantitative estimate of drug-likeness (QED) is 0.783. The van der Waals surface area contributed by atoms with E-state index in [2.05, 4.69) is 0 Å². The summed E-state index contributed by atoms with van der Waals surface area (Å²) in [6.07, 6.45) is -0.0966. The van der Waals surface area contributed by atoms with Gasteiger partial charge in [0.15, 0.2) is 0 Å². The maximum atomic E-state index is 11.9. The molecule has 1 saturated heterocycles. The fraction of sp³-hybridized carbons (Fsp3) is 0.500. The van der Waals surface area contributed by atoms with Crippen LogP contribution in [0.2, 0.25) is 5.02 Å². The Balaban J connectivity index is 2.20. The number of ether oxygens (including phenoxy) is 1. The molecule has 0 bridgehead atoms. The Bertz CT molecular complexity index is 453. The minimum Gasteiger partial charge on any atom is -0.362 e. The molecular weight excluding hydrogens is 250 g/mol. The molecule has 18 heavy (non-hydrogen) atoms. The molecule has 98 valence electrons. The van der Waals surface area contributed by atoms with Crippen LogP contribution in [0.4, 0.5) is 0 Å². The third-order valence-electron chi connectivity index (χ3n) is 3.09. The number of amides is 1. The van der Waals surface area contributed by atoms with Crippen LogP contribution in [0, 0.1) is 0 Å². The first kappa shape index (κ1) is 13.4. The van der Waals surface area contributed by atoms with E-state index in [-0.39, 0.29) is 24.2 Å². The Morgan fingerprint density at radius 3 is 2.72 bits per heavy atom. The highest BCUT2D eigenvalue weighted by Crippen LogP contribution is 2.28. The number of halogens is 1. The topological polar surface area (TPSA) is 29.5 Å². The summed E-state index contributed by atoms with van der Waals surface area (Å²) in [7, 11) is 0. The lowest BCUT2D eigenvalue weighted by atomic mass is 10.0. The summed E-state index contributed by atoms with van der Waals surface area (Å²) < 4.78 is 5.61. The van der Waals surface area contributed by atoms with Gasteiger partial charge in [0, 0.05) is 10.6 Å². The maximum Gasteiger partial charge on any atom is 0.249 e. The number of nitrogens with zero attached hydrogens (tertiary/aromatic N) is 1. The van der Waals surface area contributed by atoms with Crippen molar-refractivity contribution in [1.29, 1.82) is 0 Å². The number of carbonyl (C=O) groups excluding carboxylic acids is 1. The highest BCUT2D eigenvalue weighted by molar-refractivity contribution is 6.30. The SMILES string of the molecule is CC(C)(C)N1CC(c2cccc(Cl)c2)OCC1=O. The van der Waals surface area contributed by atoms with Crippen LogP contribution in [-0.2, 0) is 9.53 Å². The van der Waals surface area contributed by atoms with Gasteiger partial charge in [-0.05, 0) is 38.5 Å². The van der Waals surface area contributed by atoms with Crippen molar-refractivity contribution in [2.24, 2.45) is 0 Å². The number of carbonyl (C=O) groups is 1. The first-order valence-corrected chi connectivity index (χ1v) is 6.43. The molecule has 0 spiro atoms. The van der Waals surface area contributed by atoms with Crippen LogP contribution in [0.1, 0.15) is 32.4 Å². The van der Waals surface area contributed by atoms with Gasteiger partial charge in [0.1, 0.15) is 12.7 Å². The molecule has 0 radical (unpaired) electrons. The highest BCUT2D eigenvalue weighted by atomic mass is 35.5. The Morgan fingerprint density at radius 1 is 1.39 bits per heavy atom. The molecule has 1 aromatic rings. The predicted molar refractivity (Wildman–Crippen MR) is 71.6 cm³/mol. The summed E-state index contributed by atoms with van der Waals surface area (Å²) in [4.78, 5) is 13.7. The molecule has 1 unspecified atom stereocenters. The third-order valence-corrected chi connectivity index (χ3v) is 3.32. The molecule has 1 aromatic carbocycles. The number of rotatable bonds is 1. The number of hydrogen-bond acceptors (Lipinski definition) is 2. The molecule has 1 fully saturated rings. The van der Waals surface area contributed by atoms with E-state index >= 15 is 0 Å². The minimum absolute atomic E-state index is 0.0424. The van der Waals surface area contributed by atoms with Crippen LogP contribution in [-0.4, -0.2) is 29.5 Å². The summed E-state index contributed by atoms with van der Waals surface area (Å²) in [6, 6.07) is 7.61. The van der Waals surface area contributed by atoms with Gasteiger partial charge in [-0.2, -0.15) is 0 Å². The van der Waals surface area contributed by atoms with Gasteiger partial charge >= 0.3 is 0 Å². The summed E-state index contributed by atoms with van der Waals surface area (Å²) >= 11 is 5.98. The lowest BCUT2D eigenvalue weighted by molar-refractivity contribution is -0.156. The molecule has 0 saturated carbocycles. The number of hydrogen-bond donors (Lipinski definition) is 0. The van der Waals surface area contributed by atoms with Crippen LogP contribution in [0.3, 0.4) is 0 Å². The second-order valence-corrected chi connectivity index (χ2v) is 5.97. The van der Waals surface area contributed by atoms with Gasteiger partial charge in [-0.25, -0.2) is 0 Å². The number of morpholine rings is 1. The largest absolute Gasteiger partial charge is 0.362 e. The van der Waals surface area contributed by atoms with Crippen LogP contribution in [0.25, 0.3) is 0 Å². The van der Waals surface area contributed by atoms with Crippen molar-refractivity contribution in [3.05, 3.63) is 34.9 Å². The zero-order valence-electron chi connectivity index (χ0n) is 10.9. The third kappa shape index (κ3) is 2.85. The normalized spacial score (nSPS) is 21.2. The Hall–Kier alpha value is -1.06. The van der Waals surface area contributed by atoms with E-state index in [1.165, 1.54) is 0 Å². The van der Waals surface area contributed by atoms with Crippen molar-refractivity contribution in [3.8, 4) is 0 Å². The molecule has 2 rings (SSSR count). The van der Waals surface area contributed by atoms with E-state index in [9.17, 15) is 4.79 Å². The summed E-state index contributed by atoms with van der Waals surface area (Å²) in [6.45, 7) is 6.80. The molecule has 1 heterocycles. The van der Waals surface area contributed by atoms with E-state index in [4.69, 9.17) is 16.3 Å². The molecule has 0 N–H and O–H groups in total. The average molecular weight is 268 g/mol. The predicted octanol–water partition coefficient (Wildman–Crippen LogP) is 3.04. The molecule has 1 aliphatic rings. The molecule has 3 nitrogen and oxygen atoms in total. The first-order valence-electron chi connectivity index (χ1n) is 6.05. The zero-order chi connectivity index (χ0) is 13.3. The van der Waals surface area contributed by atoms with Crippen molar-refractivity contribution in [3.63, 3.8) is 0 Å². The van der Waals surface area contributed by atoms with Crippen molar-refractivity contribution >= 4 is 17.5 Å². The van der Waals surface area contributed by atoms with Gasteiger partial charge in [0.2, 0.25) is 5.91 Å². The average Bonchev–Trinajstić information content (AvgIpc) is 2.28. The minimum atomic E-state index is -0.183. The standard InChI is InChI=1S/C14H18ClNO2/c1-14(2,3)16-8-12(18-9-13(16)17)10-5-4-6-11(15)7-10/h4-7,12H,8-9H2,1-3H3. The molecule has 0 aromatic heterocycles. The molecule has 1 aliphatic heterocycles. The lowest BCUT2D eigenvalue weighted by Gasteiger charge is -2.41. The smallest absolute Gasteiger partial charge is 0.249 e. The van der Waals surface area contributed by atoms with Gasteiger partial charge in [-0.3, -0.25) is 4.79 Å². The van der Waals surface area contributed by atoms with Crippen molar-refractivity contribution in [2.75, 3.05) is 13.2 Å². The van der Waals surface area contributed by atoms with E-state index in [1.54, 1.807) is 0 Å². The maximum absolute atomic E-state index is 11.9. The van der Waals surface area contributed by atoms with Gasteiger partial charge in [-0.15, -0.1) is 0 Å². The second kappa shape index (κ2) is 4.90. The monoisotopic (exact) mass is 267 g/mol. The fourth-order valence-electron chi connectivity index (χ4n) is 2.13. The molecule has 0 aliphatic carbocycles. The van der Waals surface area contributed by atoms with Gasteiger partial charge in [0.25, 0.3) is 0 Å². The van der Waals surface area contributed by atoms with Crippen LogP contribution in [0.5, 0.6) is 0 Å². The summed E-state index contributed by atoms with van der Waals surface area (Å²) in [5.41, 5.74) is 0.835. The molecule has 1 amide bonds. The zero-order valence-corrected chi connectivity index (χ0v) is 11.7. The van der Waals surface area contributed by atoms with Gasteiger partial charge < -0.3 is 9.64 Å². The lowest BCUT2D eigenvalue weighted by Crippen LogP contribution is -2.52. The van der Waals surface area contributed by atoms with E-state index in [0.717, 1.165) is 5.56 Å². The van der Waals surface area contributed by atoms with Crippen LogP contribution in [0.15, 0.2) is 24.3 Å². The molecule has 1 atom stereocenters. The Labute approximate surface area is 113 Å². The number of benzene rings is 1. The molecule has 4 heteroatoms. The first-order chi connectivity index (χ1) is 8.38. The Morgan fingerprint density at radius 2 is 2.11 bits per heavy atom. The fourth-order valence-corrected chi connectivity index (χ4v) is 2.33. The van der Waals surface area contributed by atoms with Crippen molar-refractivity contribution < 1.29 is 9.53 Å². The van der Waals surface area contributed by atoms with Crippen molar-refractivity contribution in [2.45, 2.75) is 32.4 Å². The Kier molecular flexibility index (Phi) is 3.64.